The first-order chi connectivity index (χ1) is 19.2. The van der Waals surface area contributed by atoms with Gasteiger partial charge < -0.3 is 34.4 Å². The van der Waals surface area contributed by atoms with Crippen molar-refractivity contribution in [1.82, 2.24) is 4.90 Å². The first kappa shape index (κ1) is 26.5. The van der Waals surface area contributed by atoms with Crippen LogP contribution < -0.4 is 4.74 Å². The average Bonchev–Trinajstić information content (AvgIpc) is 3.30. The maximum Gasteiger partial charge on any atom is 0.357 e. The van der Waals surface area contributed by atoms with Crippen LogP contribution in [0, 0.1) is 0 Å². The van der Waals surface area contributed by atoms with Crippen LogP contribution in [0.5, 0.6) is 5.75 Å². The van der Waals surface area contributed by atoms with Gasteiger partial charge in [0.1, 0.15) is 11.5 Å². The Morgan fingerprint density at radius 3 is 2.65 bits per heavy atom. The third-order valence-electron chi connectivity index (χ3n) is 8.95. The Balaban J connectivity index is 1.36. The topological polar surface area (TPSA) is 143 Å². The van der Waals surface area contributed by atoms with Crippen molar-refractivity contribution in [3.05, 3.63) is 76.6 Å². The minimum absolute atomic E-state index is 0.175. The lowest BCUT2D eigenvalue weighted by atomic mass is 9.50. The molecule has 1 spiro atoms. The van der Waals surface area contributed by atoms with E-state index in [-0.39, 0.29) is 24.8 Å². The van der Waals surface area contributed by atoms with E-state index in [0.29, 0.717) is 36.3 Å². The predicted molar refractivity (Wildman–Crippen MR) is 139 cm³/mol. The van der Waals surface area contributed by atoms with Gasteiger partial charge in [0, 0.05) is 29.2 Å². The lowest BCUT2D eigenvalue weighted by Crippen LogP contribution is -2.74. The normalized spacial score (nSPS) is 28.5. The van der Waals surface area contributed by atoms with Crippen molar-refractivity contribution in [2.45, 2.75) is 68.0 Å². The van der Waals surface area contributed by atoms with Crippen molar-refractivity contribution in [1.29, 1.82) is 0 Å². The number of aliphatic hydroxyl groups is 2. The Hall–Kier alpha value is -3.73. The monoisotopic (exact) mass is 549 g/mol. The molecule has 2 aliphatic carbocycles. The molecule has 0 unspecified atom stereocenters. The molecule has 2 heterocycles. The number of carbonyl (C=O) groups is 3. The summed E-state index contributed by atoms with van der Waals surface area (Å²) < 4.78 is 17.9. The highest BCUT2D eigenvalue weighted by atomic mass is 16.6. The number of nitrogens with zero attached hydrogens (tertiary/aromatic N) is 1. The molecule has 4 aliphatic rings. The van der Waals surface area contributed by atoms with Crippen LogP contribution in [-0.2, 0) is 42.3 Å². The molecule has 2 bridgehead atoms. The second kappa shape index (κ2) is 9.72. The van der Waals surface area contributed by atoms with Crippen LogP contribution >= 0.6 is 0 Å². The van der Waals surface area contributed by atoms with E-state index in [9.17, 15) is 24.6 Å². The molecule has 6 rings (SSSR count). The van der Waals surface area contributed by atoms with Gasteiger partial charge in [-0.05, 0) is 38.1 Å². The van der Waals surface area contributed by atoms with Gasteiger partial charge in [-0.25, -0.2) is 4.79 Å². The first-order valence-electron chi connectivity index (χ1n) is 13.4. The molecule has 2 aromatic carbocycles. The Labute approximate surface area is 230 Å². The van der Waals surface area contributed by atoms with E-state index in [0.717, 1.165) is 11.1 Å². The number of hydrogen-bond acceptors (Lipinski definition) is 9. The Kier molecular flexibility index (Phi) is 6.44. The number of carboxylic acids is 1. The van der Waals surface area contributed by atoms with Gasteiger partial charge in [-0.2, -0.15) is 0 Å². The molecule has 0 aromatic heterocycles. The number of carbonyl (C=O) groups excluding carboxylic acids is 2. The number of ether oxygens (including phenoxy) is 3. The summed E-state index contributed by atoms with van der Waals surface area (Å²) in [7, 11) is 2.00. The highest BCUT2D eigenvalue weighted by Gasteiger charge is 2.72. The van der Waals surface area contributed by atoms with Crippen molar-refractivity contribution >= 4 is 17.9 Å². The van der Waals surface area contributed by atoms with E-state index in [2.05, 4.69) is 4.90 Å². The fraction of sp³-hybridized carbons (Fsp3) is 0.433. The summed E-state index contributed by atoms with van der Waals surface area (Å²) in [5.74, 6) is -2.11. The number of piperidine rings is 1. The van der Waals surface area contributed by atoms with Gasteiger partial charge in [-0.15, -0.1) is 0 Å². The van der Waals surface area contributed by atoms with E-state index >= 15 is 0 Å². The summed E-state index contributed by atoms with van der Waals surface area (Å²) in [6.07, 6.45) is 0.00575. The van der Waals surface area contributed by atoms with Gasteiger partial charge in [-0.1, -0.05) is 42.5 Å². The van der Waals surface area contributed by atoms with E-state index in [1.54, 1.807) is 36.4 Å². The maximum absolute atomic E-state index is 13.6. The summed E-state index contributed by atoms with van der Waals surface area (Å²) in [5, 5.41) is 31.3. The summed E-state index contributed by atoms with van der Waals surface area (Å²) >= 11 is 0. The lowest BCUT2D eigenvalue weighted by Gasteiger charge is -2.61. The molecule has 10 heteroatoms. The molecule has 2 aromatic rings. The Morgan fingerprint density at radius 1 is 1.15 bits per heavy atom. The van der Waals surface area contributed by atoms with Crippen molar-refractivity contribution in [2.75, 3.05) is 13.6 Å². The second-order valence-electron chi connectivity index (χ2n) is 11.0. The number of aliphatic carboxylic acids is 1. The molecule has 10 nitrogen and oxygen atoms in total. The van der Waals surface area contributed by atoms with Gasteiger partial charge in [-0.3, -0.25) is 9.59 Å². The van der Waals surface area contributed by atoms with E-state index in [1.807, 2.05) is 19.2 Å². The zero-order valence-electron chi connectivity index (χ0n) is 22.0. The molecular weight excluding hydrogens is 518 g/mol. The molecule has 40 heavy (non-hydrogen) atoms. The Morgan fingerprint density at radius 2 is 1.93 bits per heavy atom. The number of rotatable bonds is 8. The maximum atomic E-state index is 13.6. The fourth-order valence-corrected chi connectivity index (χ4v) is 7.08. The highest BCUT2D eigenvalue weighted by Crippen LogP contribution is 2.64. The molecule has 5 atom stereocenters. The molecular formula is C30H31NO9. The first-order valence-corrected chi connectivity index (χ1v) is 13.4. The van der Waals surface area contributed by atoms with Crippen LogP contribution in [0.25, 0.3) is 0 Å². The van der Waals surface area contributed by atoms with Gasteiger partial charge in [0.05, 0.1) is 30.5 Å². The molecule has 1 fully saturated rings. The summed E-state index contributed by atoms with van der Waals surface area (Å²) in [6, 6.07) is 12.0. The molecule has 210 valence electrons. The molecule has 1 saturated heterocycles. The number of carboxylic acid groups (broad SMARTS) is 1. The van der Waals surface area contributed by atoms with E-state index in [4.69, 9.17) is 19.3 Å². The number of esters is 2. The van der Waals surface area contributed by atoms with Gasteiger partial charge in [0.15, 0.2) is 6.10 Å². The second-order valence-corrected chi connectivity index (χ2v) is 11.0. The summed E-state index contributed by atoms with van der Waals surface area (Å²) in [6.45, 7) is 0.457. The van der Waals surface area contributed by atoms with Crippen molar-refractivity contribution in [3.63, 3.8) is 0 Å². The van der Waals surface area contributed by atoms with E-state index in [1.165, 1.54) is 0 Å². The van der Waals surface area contributed by atoms with Gasteiger partial charge in [0.25, 0.3) is 0 Å². The molecule has 0 amide bonds. The van der Waals surface area contributed by atoms with Crippen LogP contribution in [0.1, 0.15) is 54.0 Å². The molecule has 0 radical (unpaired) electrons. The van der Waals surface area contributed by atoms with Gasteiger partial charge in [0.2, 0.25) is 6.10 Å². The predicted octanol–water partition coefficient (Wildman–Crippen LogP) is 2.15. The lowest BCUT2D eigenvalue weighted by molar-refractivity contribution is -0.176. The van der Waals surface area contributed by atoms with Crippen molar-refractivity contribution in [3.8, 4) is 5.75 Å². The summed E-state index contributed by atoms with van der Waals surface area (Å²) in [4.78, 5) is 39.1. The minimum atomic E-state index is -1.43. The Bertz CT molecular complexity index is 1410. The van der Waals surface area contributed by atoms with Crippen LogP contribution in [0.4, 0.5) is 0 Å². The number of aliphatic hydroxyl groups excluding tert-OH is 1. The molecule has 0 saturated carbocycles. The molecule has 2 aliphatic heterocycles. The zero-order chi connectivity index (χ0) is 28.2. The van der Waals surface area contributed by atoms with Gasteiger partial charge >= 0.3 is 17.9 Å². The van der Waals surface area contributed by atoms with E-state index < -0.39 is 54.0 Å². The van der Waals surface area contributed by atoms with Crippen LogP contribution in [0.15, 0.2) is 54.3 Å². The average molecular weight is 550 g/mol. The SMILES string of the molecule is CN1CC[C@]23c4c5ccc(CO)c4O[C@H]2C(OC(=O)[C@@H](OC(=O)CCC(=O)O)c2ccccc2)=CC[C@@]3(O)[C@H]1C5. The standard InChI is InChI=1S/C30H31NO9/c1-31-14-13-29-24-18-7-8-19(16-32)25(24)40-27(29)20(11-12-30(29,37)21(31)15-18)38-28(36)26(17-5-3-2-4-6-17)39-23(35)10-9-22(33)34/h2-8,11,21,26-27,32,37H,9-10,12-16H2,1H3,(H,33,34)/t21-,26+,27+,29+,30-/m1/s1. The smallest absolute Gasteiger partial charge is 0.357 e. The third kappa shape index (κ3) is 3.85. The minimum Gasteiger partial charge on any atom is -0.481 e. The van der Waals surface area contributed by atoms with Crippen LogP contribution in [-0.4, -0.2) is 69.5 Å². The third-order valence-corrected chi connectivity index (χ3v) is 8.95. The summed E-state index contributed by atoms with van der Waals surface area (Å²) in [5.41, 5.74) is 0.815. The zero-order valence-corrected chi connectivity index (χ0v) is 22.0. The van der Waals surface area contributed by atoms with Crippen molar-refractivity contribution < 1.29 is 43.9 Å². The highest BCUT2D eigenvalue weighted by molar-refractivity contribution is 5.83. The quantitative estimate of drug-likeness (QED) is 0.419. The van der Waals surface area contributed by atoms with Crippen molar-refractivity contribution in [2.24, 2.45) is 0 Å². The fourth-order valence-electron chi connectivity index (χ4n) is 7.08. The number of benzene rings is 2. The largest absolute Gasteiger partial charge is 0.481 e. The van der Waals surface area contributed by atoms with Crippen LogP contribution in [0.2, 0.25) is 0 Å². The van der Waals surface area contributed by atoms with Crippen LogP contribution in [0.3, 0.4) is 0 Å². The number of hydrogen-bond donors (Lipinski definition) is 3. The number of likely N-dealkylation sites (N-methyl/N-ethyl adjacent to an activating group) is 1. The number of likely N-dealkylation sites (tertiary alicyclic amines) is 1. The molecule has 3 N–H and O–H groups in total.